The molecule has 172 valence electrons. The van der Waals surface area contributed by atoms with E-state index in [2.05, 4.69) is 32.5 Å². The van der Waals surface area contributed by atoms with Crippen LogP contribution < -0.4 is 10.1 Å². The van der Waals surface area contributed by atoms with Crippen LogP contribution in [0.15, 0.2) is 72.8 Å². The highest BCUT2D eigenvalue weighted by molar-refractivity contribution is 7.99. The van der Waals surface area contributed by atoms with Crippen LogP contribution in [0.4, 0.5) is 5.69 Å². The minimum atomic E-state index is -0.0984. The van der Waals surface area contributed by atoms with Crippen LogP contribution >= 0.6 is 11.8 Å². The Balaban J connectivity index is 1.28. The number of aromatic nitrogens is 2. The van der Waals surface area contributed by atoms with Crippen LogP contribution in [0.5, 0.6) is 11.5 Å². The second kappa shape index (κ2) is 10.2. The molecular formula is C27H26N4O2S. The number of fused-ring (bicyclic) bond motifs is 1. The Bertz CT molecular complexity index is 1320. The predicted octanol–water partition coefficient (Wildman–Crippen LogP) is 5.86. The third-order valence-corrected chi connectivity index (χ3v) is 6.91. The molecule has 5 rings (SSSR count). The first-order chi connectivity index (χ1) is 16.7. The Morgan fingerprint density at radius 3 is 2.79 bits per heavy atom. The molecule has 2 heterocycles. The van der Waals surface area contributed by atoms with Crippen LogP contribution in [-0.2, 0) is 4.79 Å². The third-order valence-electron chi connectivity index (χ3n) is 5.80. The number of hydrogen-bond acceptors (Lipinski definition) is 5. The number of anilines is 1. The first kappa shape index (κ1) is 22.3. The number of carbonyl (C=O) groups excluding carboxylic acids is 1. The largest absolute Gasteiger partial charge is 0.457 e. The molecule has 1 fully saturated rings. The molecule has 7 heteroatoms. The Morgan fingerprint density at radius 1 is 1.09 bits per heavy atom. The van der Waals surface area contributed by atoms with Gasteiger partial charge in [0.05, 0.1) is 17.3 Å². The quantitative estimate of drug-likeness (QED) is 0.369. The second-order valence-corrected chi connectivity index (χ2v) is 9.35. The summed E-state index contributed by atoms with van der Waals surface area (Å²) in [6.45, 7) is 0. The smallest absolute Gasteiger partial charge is 0.241 e. The van der Waals surface area contributed by atoms with E-state index >= 15 is 0 Å². The van der Waals surface area contributed by atoms with E-state index in [4.69, 9.17) is 4.74 Å². The van der Waals surface area contributed by atoms with Crippen molar-refractivity contribution < 1.29 is 9.53 Å². The van der Waals surface area contributed by atoms with Gasteiger partial charge in [-0.25, -0.2) is 0 Å². The maximum Gasteiger partial charge on any atom is 0.241 e. The molecule has 34 heavy (non-hydrogen) atoms. The highest BCUT2D eigenvalue weighted by Gasteiger charge is 2.26. The van der Waals surface area contributed by atoms with E-state index in [1.165, 1.54) is 0 Å². The van der Waals surface area contributed by atoms with E-state index in [-0.39, 0.29) is 11.9 Å². The molecule has 6 nitrogen and oxygen atoms in total. The van der Waals surface area contributed by atoms with Gasteiger partial charge in [0.15, 0.2) is 0 Å². The lowest BCUT2D eigenvalue weighted by Gasteiger charge is -2.30. The lowest BCUT2D eigenvalue weighted by Crippen LogP contribution is -2.44. The molecule has 0 bridgehead atoms. The number of thioether (sulfide) groups is 1. The number of hydrogen-bond donors (Lipinski definition) is 2. The topological polar surface area (TPSA) is 70.2 Å². The van der Waals surface area contributed by atoms with Crippen LogP contribution in [-0.4, -0.2) is 45.7 Å². The molecule has 0 spiro atoms. The van der Waals surface area contributed by atoms with Gasteiger partial charge in [0.25, 0.3) is 0 Å². The van der Waals surface area contributed by atoms with Gasteiger partial charge in [-0.2, -0.15) is 5.10 Å². The van der Waals surface area contributed by atoms with E-state index < -0.39 is 0 Å². The zero-order chi connectivity index (χ0) is 23.3. The number of amides is 1. The molecule has 1 aromatic heterocycles. The van der Waals surface area contributed by atoms with Gasteiger partial charge < -0.3 is 10.1 Å². The average Bonchev–Trinajstić information content (AvgIpc) is 3.26. The molecule has 3 aromatic carbocycles. The molecule has 1 aliphatic heterocycles. The fourth-order valence-electron chi connectivity index (χ4n) is 3.99. The summed E-state index contributed by atoms with van der Waals surface area (Å²) in [6.07, 6.45) is 4.91. The fraction of sp³-hybridized carbons (Fsp3) is 0.185. The Kier molecular flexibility index (Phi) is 6.65. The van der Waals surface area contributed by atoms with E-state index in [0.717, 1.165) is 45.9 Å². The number of nitrogens with zero attached hydrogens (tertiary/aromatic N) is 2. The van der Waals surface area contributed by atoms with E-state index in [9.17, 15) is 4.79 Å². The standard InChI is InChI=1S/C27H26N4O2S/c1-31-18-34-15-14-26(31)27(32)28-20-8-5-9-21(16-20)33-22-11-12-23-24(29-30-25(23)17-22)13-10-19-6-3-2-4-7-19/h2-13,16-17,26H,14-15,18H2,1H3,(H,28,32)(H,29,30)/b13-10+. The zero-order valence-electron chi connectivity index (χ0n) is 18.9. The first-order valence-electron chi connectivity index (χ1n) is 11.2. The number of aromatic amines is 1. The van der Waals surface area contributed by atoms with Gasteiger partial charge in [-0.1, -0.05) is 42.5 Å². The first-order valence-corrected chi connectivity index (χ1v) is 12.4. The van der Waals surface area contributed by atoms with Crippen molar-refractivity contribution in [1.29, 1.82) is 0 Å². The van der Waals surface area contributed by atoms with Gasteiger partial charge in [0, 0.05) is 29.1 Å². The molecule has 2 N–H and O–H groups in total. The number of carbonyl (C=O) groups is 1. The SMILES string of the molecule is CN1CSCCC1C(=O)Nc1cccc(Oc2ccc3c(/C=C/c4ccccc4)n[nH]c3c2)c1. The van der Waals surface area contributed by atoms with Crippen molar-refractivity contribution in [2.24, 2.45) is 0 Å². The maximum absolute atomic E-state index is 12.7. The molecule has 4 aromatic rings. The number of rotatable bonds is 6. The number of benzene rings is 3. The molecule has 1 amide bonds. The van der Waals surface area contributed by atoms with Crippen molar-refractivity contribution in [3.63, 3.8) is 0 Å². The number of likely N-dealkylation sites (N-methyl/N-ethyl adjacent to an activating group) is 1. The Hall–Kier alpha value is -3.55. The fourth-order valence-corrected chi connectivity index (χ4v) is 4.98. The summed E-state index contributed by atoms with van der Waals surface area (Å²) in [5.74, 6) is 3.26. The normalized spacial score (nSPS) is 16.7. The lowest BCUT2D eigenvalue weighted by molar-refractivity contribution is -0.120. The monoisotopic (exact) mass is 470 g/mol. The van der Waals surface area contributed by atoms with Gasteiger partial charge in [0.1, 0.15) is 11.5 Å². The molecule has 0 aliphatic carbocycles. The van der Waals surface area contributed by atoms with Crippen molar-refractivity contribution in [1.82, 2.24) is 15.1 Å². The predicted molar refractivity (Wildman–Crippen MR) is 140 cm³/mol. The minimum absolute atomic E-state index is 0.0231. The average molecular weight is 471 g/mol. The Labute approximate surface area is 203 Å². The summed E-state index contributed by atoms with van der Waals surface area (Å²) in [6, 6.07) is 23.4. The van der Waals surface area contributed by atoms with Gasteiger partial charge in [-0.15, -0.1) is 11.8 Å². The zero-order valence-corrected chi connectivity index (χ0v) is 19.7. The summed E-state index contributed by atoms with van der Waals surface area (Å²) < 4.78 is 6.08. The summed E-state index contributed by atoms with van der Waals surface area (Å²) in [4.78, 5) is 14.8. The molecule has 0 saturated carbocycles. The minimum Gasteiger partial charge on any atom is -0.457 e. The van der Waals surface area contributed by atoms with Crippen LogP contribution in [0.2, 0.25) is 0 Å². The summed E-state index contributed by atoms with van der Waals surface area (Å²) in [5.41, 5.74) is 3.62. The highest BCUT2D eigenvalue weighted by Crippen LogP contribution is 2.29. The summed E-state index contributed by atoms with van der Waals surface area (Å²) >= 11 is 1.85. The summed E-state index contributed by atoms with van der Waals surface area (Å²) in [5, 5.41) is 11.6. The van der Waals surface area contributed by atoms with Crippen molar-refractivity contribution in [3.8, 4) is 11.5 Å². The number of ether oxygens (including phenoxy) is 1. The molecule has 1 unspecified atom stereocenters. The summed E-state index contributed by atoms with van der Waals surface area (Å²) in [7, 11) is 1.99. The second-order valence-electron chi connectivity index (χ2n) is 8.28. The van der Waals surface area contributed by atoms with Gasteiger partial charge in [-0.3, -0.25) is 14.8 Å². The molecule has 1 atom stereocenters. The Morgan fingerprint density at radius 2 is 1.94 bits per heavy atom. The van der Waals surface area contributed by atoms with E-state index in [1.54, 1.807) is 0 Å². The highest BCUT2D eigenvalue weighted by atomic mass is 32.2. The van der Waals surface area contributed by atoms with E-state index in [1.807, 2.05) is 91.6 Å². The van der Waals surface area contributed by atoms with Crippen molar-refractivity contribution in [2.75, 3.05) is 24.0 Å². The number of H-pyrrole nitrogens is 1. The van der Waals surface area contributed by atoms with Crippen LogP contribution in [0, 0.1) is 0 Å². The van der Waals surface area contributed by atoms with E-state index in [0.29, 0.717) is 11.5 Å². The molecule has 1 saturated heterocycles. The van der Waals surface area contributed by atoms with Gasteiger partial charge in [-0.05, 0) is 55.1 Å². The van der Waals surface area contributed by atoms with Crippen molar-refractivity contribution >= 4 is 46.4 Å². The van der Waals surface area contributed by atoms with Gasteiger partial charge in [0.2, 0.25) is 5.91 Å². The molecular weight excluding hydrogens is 444 g/mol. The van der Waals surface area contributed by atoms with Crippen molar-refractivity contribution in [2.45, 2.75) is 12.5 Å². The van der Waals surface area contributed by atoms with Crippen LogP contribution in [0.1, 0.15) is 17.7 Å². The maximum atomic E-state index is 12.7. The lowest BCUT2D eigenvalue weighted by atomic mass is 10.1. The number of nitrogens with one attached hydrogen (secondary N) is 2. The third kappa shape index (κ3) is 5.16. The van der Waals surface area contributed by atoms with Crippen LogP contribution in [0.25, 0.3) is 23.1 Å². The van der Waals surface area contributed by atoms with Gasteiger partial charge >= 0.3 is 0 Å². The molecule has 0 radical (unpaired) electrons. The molecule has 1 aliphatic rings. The van der Waals surface area contributed by atoms with Crippen LogP contribution in [0.3, 0.4) is 0 Å². The van der Waals surface area contributed by atoms with Crippen molar-refractivity contribution in [3.05, 3.63) is 84.1 Å².